The Morgan fingerprint density at radius 3 is 2.65 bits per heavy atom. The van der Waals surface area contributed by atoms with E-state index in [1.165, 1.54) is 6.42 Å². The van der Waals surface area contributed by atoms with Gasteiger partial charge in [-0.15, -0.1) is 0 Å². The van der Waals surface area contributed by atoms with Gasteiger partial charge in [-0.25, -0.2) is 9.97 Å². The molecule has 4 heterocycles. The summed E-state index contributed by atoms with van der Waals surface area (Å²) in [4.78, 5) is 9.13. The van der Waals surface area contributed by atoms with Gasteiger partial charge in [-0.3, -0.25) is 4.40 Å². The summed E-state index contributed by atoms with van der Waals surface area (Å²) < 4.78 is 42.5. The minimum absolute atomic E-state index is 0.141. The van der Waals surface area contributed by atoms with Crippen LogP contribution in [0, 0.1) is 5.41 Å². The average molecular weight is 427 g/mol. The largest absolute Gasteiger partial charge is 0.398 e. The molecule has 3 aliphatic rings. The number of nitrogens with one attached hydrogen (secondary N) is 2. The molecule has 8 heteroatoms. The molecule has 1 aliphatic heterocycles. The number of aromatic nitrogens is 3. The van der Waals surface area contributed by atoms with Gasteiger partial charge in [0.2, 0.25) is 0 Å². The van der Waals surface area contributed by atoms with E-state index < -0.39 is 11.6 Å². The molecule has 162 valence electrons. The molecule has 0 radical (unpaired) electrons. The predicted octanol–water partition coefficient (Wildman–Crippen LogP) is 4.54. The van der Waals surface area contributed by atoms with Gasteiger partial charge in [-0.2, -0.15) is 13.2 Å². The minimum Gasteiger partial charge on any atom is -0.367 e. The summed E-state index contributed by atoms with van der Waals surface area (Å²) in [6, 6.07) is 9.38. The third kappa shape index (κ3) is 3.03. The lowest BCUT2D eigenvalue weighted by Gasteiger charge is -2.45. The van der Waals surface area contributed by atoms with Crippen molar-refractivity contribution >= 4 is 11.5 Å². The molecule has 1 saturated heterocycles. The van der Waals surface area contributed by atoms with Gasteiger partial charge in [0, 0.05) is 18.8 Å². The molecule has 2 N–H and O–H groups in total. The van der Waals surface area contributed by atoms with Crippen LogP contribution in [0.5, 0.6) is 0 Å². The SMILES string of the molecule is FC(F)(F)C1(c2ccc3ncc(-c4cccc(NC5CC6(CCNC6)C5)n4)n3c2)CC1. The van der Waals surface area contributed by atoms with E-state index in [4.69, 9.17) is 4.98 Å². The minimum atomic E-state index is -4.24. The lowest BCUT2D eigenvalue weighted by Crippen LogP contribution is -2.46. The van der Waals surface area contributed by atoms with Gasteiger partial charge in [0.05, 0.1) is 23.0 Å². The molecule has 6 rings (SSSR count). The van der Waals surface area contributed by atoms with Crippen LogP contribution in [0.4, 0.5) is 19.0 Å². The highest BCUT2D eigenvalue weighted by molar-refractivity contribution is 5.62. The zero-order valence-corrected chi connectivity index (χ0v) is 17.0. The number of anilines is 1. The second kappa shape index (κ2) is 6.45. The van der Waals surface area contributed by atoms with Crippen LogP contribution < -0.4 is 10.6 Å². The molecular formula is C23H24F3N5. The first kappa shape index (κ1) is 19.1. The van der Waals surface area contributed by atoms with Crippen LogP contribution in [-0.4, -0.2) is 39.7 Å². The molecule has 0 amide bonds. The summed E-state index contributed by atoms with van der Waals surface area (Å²) in [6.07, 6.45) is 2.84. The van der Waals surface area contributed by atoms with Crippen molar-refractivity contribution in [2.24, 2.45) is 5.41 Å². The molecule has 3 fully saturated rings. The summed E-state index contributed by atoms with van der Waals surface area (Å²) >= 11 is 0. The molecule has 0 bridgehead atoms. The van der Waals surface area contributed by atoms with Crippen LogP contribution in [-0.2, 0) is 5.41 Å². The number of imidazole rings is 1. The number of fused-ring (bicyclic) bond motifs is 1. The molecule has 3 aromatic rings. The Morgan fingerprint density at radius 1 is 1.10 bits per heavy atom. The predicted molar refractivity (Wildman–Crippen MR) is 112 cm³/mol. The monoisotopic (exact) mass is 427 g/mol. The molecule has 31 heavy (non-hydrogen) atoms. The Morgan fingerprint density at radius 2 is 1.94 bits per heavy atom. The fourth-order valence-corrected chi connectivity index (χ4v) is 5.41. The van der Waals surface area contributed by atoms with Crippen LogP contribution in [0.25, 0.3) is 17.0 Å². The maximum absolute atomic E-state index is 13.6. The van der Waals surface area contributed by atoms with Crippen molar-refractivity contribution in [2.45, 2.75) is 49.7 Å². The summed E-state index contributed by atoms with van der Waals surface area (Å²) in [6.45, 7) is 2.20. The quantitative estimate of drug-likeness (QED) is 0.642. The first-order chi connectivity index (χ1) is 14.9. The summed E-state index contributed by atoms with van der Waals surface area (Å²) in [5.74, 6) is 0.795. The number of halogens is 3. The molecule has 0 aromatic carbocycles. The second-order valence-electron chi connectivity index (χ2n) is 9.45. The number of hydrogen-bond acceptors (Lipinski definition) is 4. The van der Waals surface area contributed by atoms with Crippen molar-refractivity contribution in [3.05, 3.63) is 48.3 Å². The zero-order chi connectivity index (χ0) is 21.3. The lowest BCUT2D eigenvalue weighted by molar-refractivity contribution is -0.160. The van der Waals surface area contributed by atoms with Crippen LogP contribution in [0.1, 0.15) is 37.7 Å². The normalized spacial score (nSPS) is 26.9. The van der Waals surface area contributed by atoms with E-state index in [0.29, 0.717) is 34.1 Å². The van der Waals surface area contributed by atoms with Crippen molar-refractivity contribution in [3.63, 3.8) is 0 Å². The van der Waals surface area contributed by atoms with Crippen molar-refractivity contribution in [2.75, 3.05) is 18.4 Å². The van der Waals surface area contributed by atoms with E-state index in [0.717, 1.165) is 31.7 Å². The average Bonchev–Trinajstić information content (AvgIpc) is 3.22. The fourth-order valence-electron chi connectivity index (χ4n) is 5.41. The molecule has 2 aliphatic carbocycles. The molecule has 2 saturated carbocycles. The van der Waals surface area contributed by atoms with Crippen LogP contribution >= 0.6 is 0 Å². The number of pyridine rings is 2. The first-order valence-corrected chi connectivity index (χ1v) is 10.9. The van der Waals surface area contributed by atoms with Crippen LogP contribution in [0.15, 0.2) is 42.7 Å². The van der Waals surface area contributed by atoms with E-state index in [1.54, 1.807) is 28.9 Å². The van der Waals surface area contributed by atoms with E-state index in [2.05, 4.69) is 15.6 Å². The topological polar surface area (TPSA) is 54.2 Å². The smallest absolute Gasteiger partial charge is 0.367 e. The number of rotatable bonds is 4. The van der Waals surface area contributed by atoms with E-state index in [1.807, 2.05) is 18.2 Å². The molecule has 0 atom stereocenters. The second-order valence-corrected chi connectivity index (χ2v) is 9.45. The highest BCUT2D eigenvalue weighted by atomic mass is 19.4. The van der Waals surface area contributed by atoms with Gasteiger partial charge in [0.1, 0.15) is 11.5 Å². The standard InChI is InChI=1S/C23H24F3N5/c24-23(25,26)22(6-7-22)15-4-5-20-28-12-18(31(20)13-15)17-2-1-3-19(30-17)29-16-10-21(11-16)8-9-27-14-21/h1-5,12-13,16,27H,6-11,14H2,(H,29,30). The van der Waals surface area contributed by atoms with Gasteiger partial charge in [-0.05, 0) is 67.8 Å². The van der Waals surface area contributed by atoms with Gasteiger partial charge in [0.15, 0.2) is 0 Å². The number of hydrogen-bond donors (Lipinski definition) is 2. The highest BCUT2D eigenvalue weighted by Crippen LogP contribution is 2.58. The maximum Gasteiger partial charge on any atom is 0.398 e. The van der Waals surface area contributed by atoms with E-state index >= 15 is 0 Å². The van der Waals surface area contributed by atoms with Crippen molar-refractivity contribution in [1.82, 2.24) is 19.7 Å². The van der Waals surface area contributed by atoms with E-state index in [9.17, 15) is 13.2 Å². The molecule has 3 aromatic heterocycles. The van der Waals surface area contributed by atoms with Crippen LogP contribution in [0.3, 0.4) is 0 Å². The Kier molecular flexibility index (Phi) is 3.97. The van der Waals surface area contributed by atoms with Gasteiger partial charge < -0.3 is 10.6 Å². The van der Waals surface area contributed by atoms with Gasteiger partial charge >= 0.3 is 6.18 Å². The Balaban J connectivity index is 1.28. The van der Waals surface area contributed by atoms with Crippen LogP contribution in [0.2, 0.25) is 0 Å². The molecule has 0 unspecified atom stereocenters. The van der Waals surface area contributed by atoms with E-state index in [-0.39, 0.29) is 12.8 Å². The Labute approximate surface area is 178 Å². The zero-order valence-electron chi connectivity index (χ0n) is 17.0. The molecule has 5 nitrogen and oxygen atoms in total. The van der Waals surface area contributed by atoms with Gasteiger partial charge in [-0.1, -0.05) is 12.1 Å². The highest BCUT2D eigenvalue weighted by Gasteiger charge is 2.64. The van der Waals surface area contributed by atoms with Crippen molar-refractivity contribution in [3.8, 4) is 11.4 Å². The fraction of sp³-hybridized carbons (Fsp3) is 0.478. The maximum atomic E-state index is 13.6. The Hall–Kier alpha value is -2.61. The lowest BCUT2D eigenvalue weighted by atomic mass is 9.65. The third-order valence-corrected chi connectivity index (χ3v) is 7.41. The Bertz CT molecular complexity index is 1130. The van der Waals surface area contributed by atoms with Crippen molar-refractivity contribution in [1.29, 1.82) is 0 Å². The summed E-state index contributed by atoms with van der Waals surface area (Å²) in [5.41, 5.74) is 1.04. The number of nitrogens with zero attached hydrogens (tertiary/aromatic N) is 3. The number of alkyl halides is 3. The molecular weight excluding hydrogens is 403 g/mol. The summed E-state index contributed by atoms with van der Waals surface area (Å²) in [5, 5.41) is 6.98. The summed E-state index contributed by atoms with van der Waals surface area (Å²) in [7, 11) is 0. The third-order valence-electron chi connectivity index (χ3n) is 7.41. The first-order valence-electron chi connectivity index (χ1n) is 10.9. The molecule has 1 spiro atoms. The van der Waals surface area contributed by atoms with Crippen molar-refractivity contribution < 1.29 is 13.2 Å². The van der Waals surface area contributed by atoms with Gasteiger partial charge in [0.25, 0.3) is 0 Å².